The number of benzene rings is 2. The average molecular weight is 311 g/mol. The molecule has 0 bridgehead atoms. The fraction of sp³-hybridized carbons (Fsp3) is 0.222. The standard InChI is InChI=1S/C18H15ClN2O/c19-13-8-9-15-14(10-13)16(11-4-2-1-3-5-11)21-17(12-6-7-12)18(22)20-15/h1-5,8-10,12,17H,6-7H2,(H,20,22)/t17-/m0/s1. The Bertz CT molecular complexity index is 766. The molecule has 1 aliphatic heterocycles. The first-order valence-electron chi connectivity index (χ1n) is 7.46. The van der Waals surface area contributed by atoms with Gasteiger partial charge in [-0.1, -0.05) is 41.9 Å². The molecule has 2 aliphatic rings. The van der Waals surface area contributed by atoms with Crippen molar-refractivity contribution in [1.29, 1.82) is 0 Å². The summed E-state index contributed by atoms with van der Waals surface area (Å²) in [4.78, 5) is 17.3. The number of hydrogen-bond acceptors (Lipinski definition) is 2. The van der Waals surface area contributed by atoms with Gasteiger partial charge in [-0.2, -0.15) is 0 Å². The van der Waals surface area contributed by atoms with Crippen molar-refractivity contribution in [1.82, 2.24) is 0 Å². The van der Waals surface area contributed by atoms with Crippen LogP contribution >= 0.6 is 11.6 Å². The summed E-state index contributed by atoms with van der Waals surface area (Å²) in [5.74, 6) is 0.348. The van der Waals surface area contributed by atoms with E-state index in [4.69, 9.17) is 16.6 Å². The van der Waals surface area contributed by atoms with Crippen molar-refractivity contribution in [2.24, 2.45) is 10.9 Å². The number of rotatable bonds is 2. The number of carbonyl (C=O) groups excluding carboxylic acids is 1. The number of nitrogens with zero attached hydrogens (tertiary/aromatic N) is 1. The molecule has 1 fully saturated rings. The molecule has 2 aromatic carbocycles. The van der Waals surface area contributed by atoms with Crippen LogP contribution in [0.4, 0.5) is 5.69 Å². The summed E-state index contributed by atoms with van der Waals surface area (Å²) in [7, 11) is 0. The SMILES string of the molecule is O=C1Nc2ccc(Cl)cc2C(c2ccccc2)=N[C@H]1C1CC1. The maximum absolute atomic E-state index is 12.5. The van der Waals surface area contributed by atoms with E-state index < -0.39 is 0 Å². The molecular weight excluding hydrogens is 296 g/mol. The van der Waals surface area contributed by atoms with Gasteiger partial charge in [0.1, 0.15) is 6.04 Å². The number of nitrogens with one attached hydrogen (secondary N) is 1. The molecule has 1 heterocycles. The van der Waals surface area contributed by atoms with Gasteiger partial charge in [0.05, 0.1) is 11.4 Å². The highest BCUT2D eigenvalue weighted by atomic mass is 35.5. The average Bonchev–Trinajstić information content (AvgIpc) is 3.35. The largest absolute Gasteiger partial charge is 0.324 e. The number of fused-ring (bicyclic) bond motifs is 1. The van der Waals surface area contributed by atoms with E-state index in [-0.39, 0.29) is 11.9 Å². The highest BCUT2D eigenvalue weighted by Gasteiger charge is 2.38. The van der Waals surface area contributed by atoms with Crippen molar-refractivity contribution in [2.45, 2.75) is 18.9 Å². The minimum Gasteiger partial charge on any atom is -0.324 e. The van der Waals surface area contributed by atoms with Crippen LogP contribution in [-0.2, 0) is 4.79 Å². The minimum atomic E-state index is -0.304. The van der Waals surface area contributed by atoms with E-state index >= 15 is 0 Å². The van der Waals surface area contributed by atoms with Crippen LogP contribution in [-0.4, -0.2) is 17.7 Å². The Morgan fingerprint density at radius 2 is 1.86 bits per heavy atom. The van der Waals surface area contributed by atoms with Crippen molar-refractivity contribution < 1.29 is 4.79 Å². The quantitative estimate of drug-likeness (QED) is 0.897. The summed E-state index contributed by atoms with van der Waals surface area (Å²) < 4.78 is 0. The van der Waals surface area contributed by atoms with Gasteiger partial charge >= 0.3 is 0 Å². The molecular formula is C18H15ClN2O. The lowest BCUT2D eigenvalue weighted by Crippen LogP contribution is -2.27. The molecule has 1 N–H and O–H groups in total. The van der Waals surface area contributed by atoms with E-state index in [9.17, 15) is 4.79 Å². The third-order valence-corrected chi connectivity index (χ3v) is 4.38. The van der Waals surface area contributed by atoms with Crippen LogP contribution in [0.2, 0.25) is 5.02 Å². The number of aliphatic imine (C=N–C) groups is 1. The van der Waals surface area contributed by atoms with Crippen LogP contribution < -0.4 is 5.32 Å². The lowest BCUT2D eigenvalue weighted by molar-refractivity contribution is -0.117. The summed E-state index contributed by atoms with van der Waals surface area (Å²) >= 11 is 6.16. The van der Waals surface area contributed by atoms with Crippen LogP contribution in [0.5, 0.6) is 0 Å². The van der Waals surface area contributed by atoms with Gasteiger partial charge in [-0.05, 0) is 37.0 Å². The monoisotopic (exact) mass is 310 g/mol. The summed E-state index contributed by atoms with van der Waals surface area (Å²) in [5, 5.41) is 3.65. The normalized spacial score (nSPS) is 20.7. The zero-order valence-corrected chi connectivity index (χ0v) is 12.7. The van der Waals surface area contributed by atoms with Gasteiger partial charge in [0.25, 0.3) is 0 Å². The van der Waals surface area contributed by atoms with Crippen LogP contribution in [0, 0.1) is 5.92 Å². The van der Waals surface area contributed by atoms with Gasteiger partial charge in [-0.3, -0.25) is 9.79 Å². The van der Waals surface area contributed by atoms with E-state index in [0.29, 0.717) is 10.9 Å². The lowest BCUT2D eigenvalue weighted by Gasteiger charge is -2.10. The fourth-order valence-corrected chi connectivity index (χ4v) is 3.02. The van der Waals surface area contributed by atoms with Crippen LogP contribution in [0.3, 0.4) is 0 Å². The lowest BCUT2D eigenvalue weighted by atomic mass is 10.0. The number of carbonyl (C=O) groups is 1. The smallest absolute Gasteiger partial charge is 0.249 e. The molecule has 1 aliphatic carbocycles. The zero-order valence-electron chi connectivity index (χ0n) is 11.9. The summed E-state index contributed by atoms with van der Waals surface area (Å²) in [6.07, 6.45) is 2.14. The Kier molecular flexibility index (Phi) is 3.23. The number of anilines is 1. The molecule has 1 amide bonds. The Hall–Kier alpha value is -2.13. The minimum absolute atomic E-state index is 0.0167. The molecule has 4 rings (SSSR count). The predicted molar refractivity (Wildman–Crippen MR) is 88.7 cm³/mol. The highest BCUT2D eigenvalue weighted by molar-refractivity contribution is 6.32. The summed E-state index contributed by atoms with van der Waals surface area (Å²) in [5.41, 5.74) is 3.51. The van der Waals surface area contributed by atoms with Crippen molar-refractivity contribution in [3.05, 3.63) is 64.7 Å². The first-order valence-corrected chi connectivity index (χ1v) is 7.84. The second kappa shape index (κ2) is 5.25. The number of halogens is 1. The van der Waals surface area contributed by atoms with Crippen LogP contribution in [0.1, 0.15) is 24.0 Å². The second-order valence-electron chi connectivity index (χ2n) is 5.81. The van der Waals surface area contributed by atoms with E-state index in [0.717, 1.165) is 35.4 Å². The van der Waals surface area contributed by atoms with Gasteiger partial charge in [0.2, 0.25) is 5.91 Å². The number of amides is 1. The molecule has 2 aromatic rings. The molecule has 0 spiro atoms. The van der Waals surface area contributed by atoms with Crippen molar-refractivity contribution in [2.75, 3.05) is 5.32 Å². The Morgan fingerprint density at radius 3 is 2.59 bits per heavy atom. The molecule has 22 heavy (non-hydrogen) atoms. The van der Waals surface area contributed by atoms with Gasteiger partial charge in [-0.15, -0.1) is 0 Å². The third-order valence-electron chi connectivity index (χ3n) is 4.15. The number of hydrogen-bond donors (Lipinski definition) is 1. The zero-order chi connectivity index (χ0) is 15.1. The van der Waals surface area contributed by atoms with Crippen LogP contribution in [0.25, 0.3) is 0 Å². The molecule has 1 atom stereocenters. The fourth-order valence-electron chi connectivity index (χ4n) is 2.85. The number of benzodiazepines with no additional fused rings is 1. The van der Waals surface area contributed by atoms with E-state index in [1.165, 1.54) is 0 Å². The summed E-state index contributed by atoms with van der Waals surface area (Å²) in [6, 6.07) is 15.2. The molecule has 0 saturated heterocycles. The molecule has 0 aromatic heterocycles. The third kappa shape index (κ3) is 2.42. The molecule has 0 unspecified atom stereocenters. The predicted octanol–water partition coefficient (Wildman–Crippen LogP) is 3.91. The molecule has 1 saturated carbocycles. The van der Waals surface area contributed by atoms with Crippen LogP contribution in [0.15, 0.2) is 53.5 Å². The summed E-state index contributed by atoms with van der Waals surface area (Å²) in [6.45, 7) is 0. The van der Waals surface area contributed by atoms with Gasteiger partial charge in [0, 0.05) is 16.1 Å². The van der Waals surface area contributed by atoms with E-state index in [1.807, 2.05) is 42.5 Å². The Balaban J connectivity index is 1.91. The highest BCUT2D eigenvalue weighted by Crippen LogP contribution is 2.37. The van der Waals surface area contributed by atoms with Gasteiger partial charge < -0.3 is 5.32 Å². The molecule has 0 radical (unpaired) electrons. The molecule has 3 nitrogen and oxygen atoms in total. The topological polar surface area (TPSA) is 41.5 Å². The second-order valence-corrected chi connectivity index (χ2v) is 6.24. The van der Waals surface area contributed by atoms with Crippen molar-refractivity contribution >= 4 is 28.9 Å². The van der Waals surface area contributed by atoms with Gasteiger partial charge in [-0.25, -0.2) is 0 Å². The first-order chi connectivity index (χ1) is 10.7. The van der Waals surface area contributed by atoms with Crippen molar-refractivity contribution in [3.63, 3.8) is 0 Å². The van der Waals surface area contributed by atoms with Crippen molar-refractivity contribution in [3.8, 4) is 0 Å². The van der Waals surface area contributed by atoms with E-state index in [1.54, 1.807) is 6.07 Å². The van der Waals surface area contributed by atoms with Gasteiger partial charge in [0.15, 0.2) is 0 Å². The maximum atomic E-state index is 12.5. The maximum Gasteiger partial charge on any atom is 0.249 e. The Labute approximate surface area is 134 Å². The van der Waals surface area contributed by atoms with E-state index in [2.05, 4.69) is 5.32 Å². The molecule has 4 heteroatoms. The Morgan fingerprint density at radius 1 is 1.09 bits per heavy atom. The first kappa shape index (κ1) is 13.5. The molecule has 110 valence electrons.